The van der Waals surface area contributed by atoms with E-state index in [9.17, 15) is 21.0 Å². The predicted molar refractivity (Wildman–Crippen MR) is 177 cm³/mol. The van der Waals surface area contributed by atoms with E-state index in [1.807, 2.05) is 72.8 Å². The van der Waals surface area contributed by atoms with Gasteiger partial charge in [0.15, 0.2) is 0 Å². The summed E-state index contributed by atoms with van der Waals surface area (Å²) in [6, 6.07) is 47.5. The molecule has 0 saturated heterocycles. The lowest BCUT2D eigenvalue weighted by Crippen LogP contribution is -2.00. The lowest BCUT2D eigenvalue weighted by Gasteiger charge is -2.16. The van der Waals surface area contributed by atoms with Gasteiger partial charge in [-0.3, -0.25) is 0 Å². The van der Waals surface area contributed by atoms with Crippen molar-refractivity contribution in [3.63, 3.8) is 0 Å². The Kier molecular flexibility index (Phi) is 5.63. The molecule has 0 aliphatic carbocycles. The summed E-state index contributed by atoms with van der Waals surface area (Å²) in [5, 5.41) is 46.6. The summed E-state index contributed by atoms with van der Waals surface area (Å²) in [4.78, 5) is 0. The number of hydrogen-bond acceptors (Lipinski definition) is 4. The molecule has 0 fully saturated rings. The molecule has 2 aromatic heterocycles. The quantitative estimate of drug-likeness (QED) is 0.153. The molecule has 0 atom stereocenters. The molecule has 0 bridgehead atoms. The van der Waals surface area contributed by atoms with Gasteiger partial charge in [-0.15, -0.1) is 0 Å². The highest BCUT2D eigenvalue weighted by atomic mass is 14.9. The minimum atomic E-state index is -0.0767. The lowest BCUT2D eigenvalue weighted by atomic mass is 9.88. The molecule has 5 nitrogen and oxygen atoms in total. The highest BCUT2D eigenvalue weighted by Crippen LogP contribution is 2.44. The van der Waals surface area contributed by atoms with E-state index in [-0.39, 0.29) is 22.3 Å². The van der Waals surface area contributed by atoms with E-state index in [0.29, 0.717) is 10.8 Å². The number of hydrogen-bond donors (Lipinski definition) is 0. The second kappa shape index (κ2) is 9.83. The first-order chi connectivity index (χ1) is 22.2. The fourth-order valence-corrected chi connectivity index (χ4v) is 6.72. The topological polar surface area (TPSA) is 99.6 Å². The van der Waals surface area contributed by atoms with E-state index < -0.39 is 0 Å². The minimum Gasteiger partial charge on any atom is -0.308 e. The van der Waals surface area contributed by atoms with Crippen LogP contribution in [0.1, 0.15) is 22.3 Å². The maximum Gasteiger partial charge on any atom is 0.102 e. The first kappa shape index (κ1) is 25.8. The smallest absolute Gasteiger partial charge is 0.102 e. The molecule has 0 aliphatic heterocycles. The van der Waals surface area contributed by atoms with Gasteiger partial charge in [0.2, 0.25) is 0 Å². The number of pyridine rings is 1. The van der Waals surface area contributed by atoms with Crippen LogP contribution in [0.5, 0.6) is 0 Å². The zero-order valence-corrected chi connectivity index (χ0v) is 23.7. The van der Waals surface area contributed by atoms with Gasteiger partial charge >= 0.3 is 0 Å². The zero-order valence-electron chi connectivity index (χ0n) is 23.7. The first-order valence-corrected chi connectivity index (χ1v) is 14.4. The van der Waals surface area contributed by atoms with Gasteiger partial charge in [0.25, 0.3) is 0 Å². The standard InChI is InChI=1S/C40H19N5/c41-20-34-30-17-32-29-15-26-13-7-8-14-27(26)16-33(29)40-28(24-9-3-1-4-10-24)18-38(25-11-5-2-6-12-25)45(40)39(32)19-31(30)35(21-42)37(23-44)36(34)22-43/h1-19H. The van der Waals surface area contributed by atoms with Crippen molar-refractivity contribution in [2.75, 3.05) is 0 Å². The van der Waals surface area contributed by atoms with Crippen LogP contribution in [0.4, 0.5) is 0 Å². The maximum absolute atomic E-state index is 10.3. The Balaban J connectivity index is 1.72. The van der Waals surface area contributed by atoms with Crippen molar-refractivity contribution >= 4 is 48.7 Å². The molecule has 0 amide bonds. The van der Waals surface area contributed by atoms with Crippen LogP contribution in [-0.4, -0.2) is 4.40 Å². The van der Waals surface area contributed by atoms with Crippen molar-refractivity contribution in [2.24, 2.45) is 0 Å². The number of benzene rings is 6. The summed E-state index contributed by atoms with van der Waals surface area (Å²) < 4.78 is 2.24. The van der Waals surface area contributed by atoms with Crippen LogP contribution < -0.4 is 0 Å². The van der Waals surface area contributed by atoms with E-state index in [1.54, 1.807) is 0 Å². The summed E-state index contributed by atoms with van der Waals surface area (Å²) >= 11 is 0. The highest BCUT2D eigenvalue weighted by molar-refractivity contribution is 6.22. The van der Waals surface area contributed by atoms with Crippen LogP contribution in [0, 0.1) is 45.3 Å². The molecule has 8 aromatic rings. The first-order valence-electron chi connectivity index (χ1n) is 14.4. The monoisotopic (exact) mass is 569 g/mol. The normalized spacial score (nSPS) is 11.0. The molecule has 0 spiro atoms. The minimum absolute atomic E-state index is 0.0727. The average Bonchev–Trinajstić information content (AvgIpc) is 3.51. The molecule has 0 unspecified atom stereocenters. The number of rotatable bonds is 2. The Morgan fingerprint density at radius 2 is 0.933 bits per heavy atom. The number of aromatic nitrogens is 1. The van der Waals surface area contributed by atoms with E-state index in [4.69, 9.17) is 0 Å². The Morgan fingerprint density at radius 3 is 1.51 bits per heavy atom. The van der Waals surface area contributed by atoms with Gasteiger partial charge in [0.1, 0.15) is 24.3 Å². The molecule has 0 aliphatic rings. The van der Waals surface area contributed by atoms with Crippen LogP contribution >= 0.6 is 0 Å². The van der Waals surface area contributed by atoms with E-state index in [0.717, 1.165) is 60.3 Å². The van der Waals surface area contributed by atoms with Crippen LogP contribution in [0.15, 0.2) is 115 Å². The van der Waals surface area contributed by atoms with Gasteiger partial charge in [-0.2, -0.15) is 21.0 Å². The van der Waals surface area contributed by atoms with Crippen LogP contribution in [0.2, 0.25) is 0 Å². The molecule has 8 rings (SSSR count). The van der Waals surface area contributed by atoms with E-state index >= 15 is 0 Å². The second-order valence-electron chi connectivity index (χ2n) is 11.0. The van der Waals surface area contributed by atoms with Crippen molar-refractivity contribution < 1.29 is 0 Å². The SMILES string of the molecule is N#Cc1c(C#N)c(C#N)c2cc3c(cc2c1C#N)c1cc2ccccc2cc1c1c(-c2ccccc2)cc(-c2ccccc2)n31. The molecule has 0 radical (unpaired) electrons. The van der Waals surface area contributed by atoms with Crippen molar-refractivity contribution in [1.29, 1.82) is 21.0 Å². The maximum atomic E-state index is 10.3. The Morgan fingerprint density at radius 1 is 0.422 bits per heavy atom. The summed E-state index contributed by atoms with van der Waals surface area (Å²) in [5.41, 5.74) is 6.01. The zero-order chi connectivity index (χ0) is 30.7. The molecule has 0 N–H and O–H groups in total. The third kappa shape index (κ3) is 3.63. The third-order valence-corrected chi connectivity index (χ3v) is 8.70. The number of fused-ring (bicyclic) bond motifs is 8. The Labute approximate surface area is 257 Å². The van der Waals surface area contributed by atoms with Gasteiger partial charge < -0.3 is 4.40 Å². The molecular formula is C40H19N5. The summed E-state index contributed by atoms with van der Waals surface area (Å²) in [6.45, 7) is 0. The van der Waals surface area contributed by atoms with Crippen LogP contribution in [0.25, 0.3) is 71.1 Å². The molecule has 5 heteroatoms. The van der Waals surface area contributed by atoms with Crippen LogP contribution in [-0.2, 0) is 0 Å². The number of nitriles is 4. The second-order valence-corrected chi connectivity index (χ2v) is 11.0. The third-order valence-electron chi connectivity index (χ3n) is 8.70. The Hall–Kier alpha value is -6.92. The fourth-order valence-electron chi connectivity index (χ4n) is 6.72. The molecular weight excluding hydrogens is 550 g/mol. The summed E-state index contributed by atoms with van der Waals surface area (Å²) in [6.07, 6.45) is 0. The molecule has 0 saturated carbocycles. The van der Waals surface area contributed by atoms with E-state index in [2.05, 4.69) is 71.1 Å². The molecule has 45 heavy (non-hydrogen) atoms. The van der Waals surface area contributed by atoms with Crippen molar-refractivity contribution in [1.82, 2.24) is 4.40 Å². The molecule has 204 valence electrons. The Bertz CT molecular complexity index is 2730. The van der Waals surface area contributed by atoms with Crippen molar-refractivity contribution in [3.8, 4) is 46.7 Å². The van der Waals surface area contributed by atoms with Gasteiger partial charge in [-0.05, 0) is 57.6 Å². The number of nitrogens with zero attached hydrogens (tertiary/aromatic N) is 5. The highest BCUT2D eigenvalue weighted by Gasteiger charge is 2.24. The van der Waals surface area contributed by atoms with Crippen molar-refractivity contribution in [3.05, 3.63) is 138 Å². The van der Waals surface area contributed by atoms with Crippen LogP contribution in [0.3, 0.4) is 0 Å². The lowest BCUT2D eigenvalue weighted by molar-refractivity contribution is 1.29. The largest absolute Gasteiger partial charge is 0.308 e. The van der Waals surface area contributed by atoms with Gasteiger partial charge in [0.05, 0.1) is 39.0 Å². The summed E-state index contributed by atoms with van der Waals surface area (Å²) in [7, 11) is 0. The summed E-state index contributed by atoms with van der Waals surface area (Å²) in [5.74, 6) is 0. The van der Waals surface area contributed by atoms with Gasteiger partial charge in [-0.25, -0.2) is 0 Å². The average molecular weight is 570 g/mol. The van der Waals surface area contributed by atoms with Gasteiger partial charge in [-0.1, -0.05) is 84.9 Å². The molecule has 2 heterocycles. The fraction of sp³-hybridized carbons (Fsp3) is 0. The molecule has 6 aromatic carbocycles. The van der Waals surface area contributed by atoms with E-state index in [1.165, 1.54) is 0 Å². The van der Waals surface area contributed by atoms with Gasteiger partial charge in [0, 0.05) is 27.1 Å². The van der Waals surface area contributed by atoms with Crippen molar-refractivity contribution in [2.45, 2.75) is 0 Å². The predicted octanol–water partition coefficient (Wildman–Crippen LogP) is 9.37.